The van der Waals surface area contributed by atoms with Crippen molar-refractivity contribution in [3.8, 4) is 0 Å². The monoisotopic (exact) mass is 340 g/mol. The Hall–Kier alpha value is -1.59. The van der Waals surface area contributed by atoms with E-state index in [0.29, 0.717) is 19.7 Å². The van der Waals surface area contributed by atoms with Gasteiger partial charge in [0.2, 0.25) is 5.91 Å². The molecule has 0 radical (unpaired) electrons. The molecule has 1 heterocycles. The average molecular weight is 341 g/mol. The highest BCUT2D eigenvalue weighted by atomic mass is 35.5. The molecule has 1 aromatic carbocycles. The quantitative estimate of drug-likeness (QED) is 0.853. The highest BCUT2D eigenvalue weighted by molar-refractivity contribution is 5.85. The Morgan fingerprint density at radius 2 is 2.00 bits per heavy atom. The highest BCUT2D eigenvalue weighted by Crippen LogP contribution is 2.21. The zero-order valence-corrected chi connectivity index (χ0v) is 14.5. The minimum atomic E-state index is -0.679. The van der Waals surface area contributed by atoms with Crippen LogP contribution in [-0.4, -0.2) is 36.5 Å². The lowest BCUT2D eigenvalue weighted by atomic mass is 9.96. The van der Waals surface area contributed by atoms with Crippen LogP contribution in [0.4, 0.5) is 0 Å². The third-order valence-corrected chi connectivity index (χ3v) is 4.06. The molecule has 2 unspecified atom stereocenters. The summed E-state index contributed by atoms with van der Waals surface area (Å²) in [6.45, 7) is 5.19. The first-order chi connectivity index (χ1) is 10.5. The standard InChI is InChI=1S/C17H24N2O3.ClH/c1-3-22-17(21)14-5-4-10-19(11-14)16(20)15(18)13-8-6-12(2)7-9-13;/h6-9,14-15H,3-5,10-11,18H2,1-2H3;1H. The van der Waals surface area contributed by atoms with Gasteiger partial charge in [-0.2, -0.15) is 0 Å². The number of nitrogens with two attached hydrogens (primary N) is 1. The van der Waals surface area contributed by atoms with Crippen molar-refractivity contribution in [1.29, 1.82) is 0 Å². The number of ether oxygens (including phenoxy) is 1. The molecule has 2 rings (SSSR count). The van der Waals surface area contributed by atoms with Crippen LogP contribution >= 0.6 is 12.4 Å². The molecular formula is C17H25ClN2O3. The number of halogens is 1. The molecule has 0 saturated carbocycles. The second kappa shape index (κ2) is 8.89. The normalized spacial score (nSPS) is 18.7. The summed E-state index contributed by atoms with van der Waals surface area (Å²) in [5.41, 5.74) is 8.02. The highest BCUT2D eigenvalue weighted by Gasteiger charge is 2.31. The fourth-order valence-corrected chi connectivity index (χ4v) is 2.74. The first-order valence-corrected chi connectivity index (χ1v) is 7.80. The molecule has 1 aliphatic heterocycles. The fourth-order valence-electron chi connectivity index (χ4n) is 2.74. The summed E-state index contributed by atoms with van der Waals surface area (Å²) in [7, 11) is 0. The van der Waals surface area contributed by atoms with Gasteiger partial charge >= 0.3 is 5.97 Å². The van der Waals surface area contributed by atoms with Crippen LogP contribution in [-0.2, 0) is 14.3 Å². The number of likely N-dealkylation sites (tertiary alicyclic amines) is 1. The molecule has 1 aliphatic rings. The molecule has 1 aromatic rings. The molecule has 6 heteroatoms. The van der Waals surface area contributed by atoms with Gasteiger partial charge in [-0.15, -0.1) is 12.4 Å². The van der Waals surface area contributed by atoms with Crippen molar-refractivity contribution in [2.75, 3.05) is 19.7 Å². The molecular weight excluding hydrogens is 316 g/mol. The Balaban J connectivity index is 0.00000264. The van der Waals surface area contributed by atoms with Crippen molar-refractivity contribution >= 4 is 24.3 Å². The zero-order chi connectivity index (χ0) is 16.1. The van der Waals surface area contributed by atoms with Gasteiger partial charge in [0.1, 0.15) is 6.04 Å². The number of rotatable bonds is 4. The number of hydrogen-bond acceptors (Lipinski definition) is 4. The van der Waals surface area contributed by atoms with E-state index >= 15 is 0 Å². The van der Waals surface area contributed by atoms with Crippen molar-refractivity contribution < 1.29 is 14.3 Å². The van der Waals surface area contributed by atoms with Crippen LogP contribution < -0.4 is 5.73 Å². The van der Waals surface area contributed by atoms with E-state index in [1.807, 2.05) is 31.2 Å². The van der Waals surface area contributed by atoms with Crippen LogP contribution in [0.25, 0.3) is 0 Å². The fraction of sp³-hybridized carbons (Fsp3) is 0.529. The molecule has 0 aromatic heterocycles. The molecule has 5 nitrogen and oxygen atoms in total. The van der Waals surface area contributed by atoms with Gasteiger partial charge in [-0.1, -0.05) is 29.8 Å². The first kappa shape index (κ1) is 19.5. The summed E-state index contributed by atoms with van der Waals surface area (Å²) in [6, 6.07) is 6.97. The third-order valence-electron chi connectivity index (χ3n) is 4.06. The Labute approximate surface area is 143 Å². The number of carbonyl (C=O) groups excluding carboxylic acids is 2. The van der Waals surface area contributed by atoms with E-state index in [-0.39, 0.29) is 30.2 Å². The van der Waals surface area contributed by atoms with E-state index in [0.717, 1.165) is 24.0 Å². The number of piperidine rings is 1. The van der Waals surface area contributed by atoms with Crippen LogP contribution in [0.15, 0.2) is 24.3 Å². The lowest BCUT2D eigenvalue weighted by Gasteiger charge is -2.33. The van der Waals surface area contributed by atoms with Gasteiger partial charge < -0.3 is 15.4 Å². The minimum Gasteiger partial charge on any atom is -0.466 e. The van der Waals surface area contributed by atoms with Gasteiger partial charge in [0, 0.05) is 13.1 Å². The van der Waals surface area contributed by atoms with E-state index in [4.69, 9.17) is 10.5 Å². The van der Waals surface area contributed by atoms with Gasteiger partial charge in [-0.3, -0.25) is 9.59 Å². The smallest absolute Gasteiger partial charge is 0.310 e. The molecule has 1 amide bonds. The summed E-state index contributed by atoms with van der Waals surface area (Å²) < 4.78 is 5.06. The number of carbonyl (C=O) groups is 2. The summed E-state index contributed by atoms with van der Waals surface area (Å²) >= 11 is 0. The second-order valence-corrected chi connectivity index (χ2v) is 5.76. The first-order valence-electron chi connectivity index (χ1n) is 7.80. The molecule has 128 valence electrons. The maximum atomic E-state index is 12.6. The van der Waals surface area contributed by atoms with Crippen LogP contribution in [0.5, 0.6) is 0 Å². The van der Waals surface area contributed by atoms with E-state index in [2.05, 4.69) is 0 Å². The van der Waals surface area contributed by atoms with Crippen LogP contribution in [0, 0.1) is 12.8 Å². The average Bonchev–Trinajstić information content (AvgIpc) is 2.54. The summed E-state index contributed by atoms with van der Waals surface area (Å²) in [6.07, 6.45) is 1.57. The summed E-state index contributed by atoms with van der Waals surface area (Å²) in [5, 5.41) is 0. The summed E-state index contributed by atoms with van der Waals surface area (Å²) in [5.74, 6) is -0.579. The van der Waals surface area contributed by atoms with Gasteiger partial charge in [-0.25, -0.2) is 0 Å². The number of benzene rings is 1. The lowest BCUT2D eigenvalue weighted by molar-refractivity contribution is -0.151. The molecule has 1 saturated heterocycles. The third kappa shape index (κ3) is 4.94. The Bertz CT molecular complexity index is 533. The number of aryl methyl sites for hydroxylation is 1. The molecule has 2 atom stereocenters. The van der Waals surface area contributed by atoms with E-state index in [9.17, 15) is 9.59 Å². The number of esters is 1. The molecule has 0 spiro atoms. The predicted octanol–water partition coefficient (Wildman–Crippen LogP) is 2.22. The molecule has 1 fully saturated rings. The maximum absolute atomic E-state index is 12.6. The Morgan fingerprint density at radius 3 is 2.61 bits per heavy atom. The van der Waals surface area contributed by atoms with Gasteiger partial charge in [0.25, 0.3) is 0 Å². The number of nitrogens with zero attached hydrogens (tertiary/aromatic N) is 1. The van der Waals surface area contributed by atoms with E-state index < -0.39 is 6.04 Å². The van der Waals surface area contributed by atoms with E-state index in [1.54, 1.807) is 11.8 Å². The summed E-state index contributed by atoms with van der Waals surface area (Å²) in [4.78, 5) is 26.1. The minimum absolute atomic E-state index is 0. The Kier molecular flexibility index (Phi) is 7.52. The molecule has 0 aliphatic carbocycles. The van der Waals surface area contributed by atoms with Gasteiger partial charge in [0.15, 0.2) is 0 Å². The largest absolute Gasteiger partial charge is 0.466 e. The number of hydrogen-bond donors (Lipinski definition) is 1. The van der Waals surface area contributed by atoms with Crippen LogP contribution in [0.1, 0.15) is 36.9 Å². The number of amides is 1. The van der Waals surface area contributed by atoms with Gasteiger partial charge in [0.05, 0.1) is 12.5 Å². The predicted molar refractivity (Wildman–Crippen MR) is 91.3 cm³/mol. The van der Waals surface area contributed by atoms with Crippen molar-refractivity contribution in [3.05, 3.63) is 35.4 Å². The van der Waals surface area contributed by atoms with E-state index in [1.165, 1.54) is 0 Å². The maximum Gasteiger partial charge on any atom is 0.310 e. The van der Waals surface area contributed by atoms with Crippen LogP contribution in [0.2, 0.25) is 0 Å². The van der Waals surface area contributed by atoms with Crippen LogP contribution in [0.3, 0.4) is 0 Å². The molecule has 0 bridgehead atoms. The molecule has 23 heavy (non-hydrogen) atoms. The van der Waals surface area contributed by atoms with Gasteiger partial charge in [-0.05, 0) is 32.3 Å². The van der Waals surface area contributed by atoms with Crippen molar-refractivity contribution in [2.24, 2.45) is 11.7 Å². The zero-order valence-electron chi connectivity index (χ0n) is 13.7. The molecule has 2 N–H and O–H groups in total. The topological polar surface area (TPSA) is 72.6 Å². The van der Waals surface area contributed by atoms with Crippen molar-refractivity contribution in [2.45, 2.75) is 32.7 Å². The van der Waals surface area contributed by atoms with Crippen molar-refractivity contribution in [1.82, 2.24) is 4.90 Å². The second-order valence-electron chi connectivity index (χ2n) is 5.76. The van der Waals surface area contributed by atoms with Crippen molar-refractivity contribution in [3.63, 3.8) is 0 Å². The SMILES string of the molecule is CCOC(=O)C1CCCN(C(=O)C(N)c2ccc(C)cc2)C1.Cl. The lowest BCUT2D eigenvalue weighted by Crippen LogP contribution is -2.46. The Morgan fingerprint density at radius 1 is 1.35 bits per heavy atom.